The van der Waals surface area contributed by atoms with Crippen LogP contribution in [0.4, 0.5) is 5.69 Å². The van der Waals surface area contributed by atoms with E-state index in [4.69, 9.17) is 11.6 Å². The molecule has 0 unspecified atom stereocenters. The van der Waals surface area contributed by atoms with Gasteiger partial charge in [-0.3, -0.25) is 4.79 Å². The SMILES string of the molecule is O=c1[nH]nc(Cl)c2cc(NCc3ccccc3-n3cccn3)ccc12. The van der Waals surface area contributed by atoms with Gasteiger partial charge < -0.3 is 5.32 Å². The molecule has 2 aromatic carbocycles. The van der Waals surface area contributed by atoms with Crippen LogP contribution in [0.25, 0.3) is 16.5 Å². The van der Waals surface area contributed by atoms with E-state index in [0.717, 1.165) is 16.9 Å². The molecule has 0 fully saturated rings. The number of aromatic nitrogens is 4. The van der Waals surface area contributed by atoms with Crippen molar-refractivity contribution in [2.45, 2.75) is 6.54 Å². The molecule has 0 atom stereocenters. The molecule has 0 aliphatic carbocycles. The first-order valence-electron chi connectivity index (χ1n) is 7.72. The standard InChI is InChI=1S/C18H14ClN5O/c19-17-15-10-13(6-7-14(15)18(25)23-22-17)20-11-12-4-1-2-5-16(12)24-9-3-8-21-24/h1-10,20H,11H2,(H,23,25). The van der Waals surface area contributed by atoms with Crippen molar-refractivity contribution in [1.29, 1.82) is 0 Å². The lowest BCUT2D eigenvalue weighted by molar-refractivity contribution is 0.864. The lowest BCUT2D eigenvalue weighted by Gasteiger charge is -2.12. The second kappa shape index (κ2) is 6.41. The number of halogens is 1. The molecule has 0 radical (unpaired) electrons. The summed E-state index contributed by atoms with van der Waals surface area (Å²) < 4.78 is 1.83. The molecule has 25 heavy (non-hydrogen) atoms. The molecule has 2 aromatic heterocycles. The van der Waals surface area contributed by atoms with Crippen molar-refractivity contribution in [2.75, 3.05) is 5.32 Å². The number of hydrogen-bond donors (Lipinski definition) is 2. The van der Waals surface area contributed by atoms with Crippen molar-refractivity contribution in [3.63, 3.8) is 0 Å². The lowest BCUT2D eigenvalue weighted by Crippen LogP contribution is -2.09. The largest absolute Gasteiger partial charge is 0.381 e. The Hall–Kier alpha value is -3.12. The summed E-state index contributed by atoms with van der Waals surface area (Å²) in [5, 5.41) is 15.2. The van der Waals surface area contributed by atoms with Gasteiger partial charge >= 0.3 is 0 Å². The average Bonchev–Trinajstić information content (AvgIpc) is 3.18. The van der Waals surface area contributed by atoms with Gasteiger partial charge in [-0.15, -0.1) is 0 Å². The zero-order valence-corrected chi connectivity index (χ0v) is 13.9. The summed E-state index contributed by atoms with van der Waals surface area (Å²) >= 11 is 6.09. The Morgan fingerprint density at radius 1 is 1.12 bits per heavy atom. The number of anilines is 1. The fraction of sp³-hybridized carbons (Fsp3) is 0.0556. The molecule has 0 saturated heterocycles. The van der Waals surface area contributed by atoms with Gasteiger partial charge in [0.15, 0.2) is 5.15 Å². The van der Waals surface area contributed by atoms with Crippen molar-refractivity contribution in [3.05, 3.63) is 82.0 Å². The average molecular weight is 352 g/mol. The maximum Gasteiger partial charge on any atom is 0.272 e. The van der Waals surface area contributed by atoms with Crippen molar-refractivity contribution >= 4 is 28.1 Å². The number of rotatable bonds is 4. The zero-order chi connectivity index (χ0) is 17.2. The van der Waals surface area contributed by atoms with E-state index in [2.05, 4.69) is 20.6 Å². The van der Waals surface area contributed by atoms with E-state index in [9.17, 15) is 4.79 Å². The van der Waals surface area contributed by atoms with Crippen LogP contribution in [-0.4, -0.2) is 20.0 Å². The highest BCUT2D eigenvalue weighted by atomic mass is 35.5. The third kappa shape index (κ3) is 2.99. The minimum absolute atomic E-state index is 0.255. The second-order valence-corrected chi connectivity index (χ2v) is 5.89. The lowest BCUT2D eigenvalue weighted by atomic mass is 10.1. The van der Waals surface area contributed by atoms with Crippen LogP contribution in [0.5, 0.6) is 0 Å². The van der Waals surface area contributed by atoms with E-state index >= 15 is 0 Å². The van der Waals surface area contributed by atoms with E-state index in [-0.39, 0.29) is 10.7 Å². The zero-order valence-electron chi connectivity index (χ0n) is 13.1. The van der Waals surface area contributed by atoms with Crippen LogP contribution in [0.2, 0.25) is 5.15 Å². The Balaban J connectivity index is 1.64. The highest BCUT2D eigenvalue weighted by Crippen LogP contribution is 2.23. The summed E-state index contributed by atoms with van der Waals surface area (Å²) in [4.78, 5) is 11.8. The van der Waals surface area contributed by atoms with Crippen LogP contribution in [0.1, 0.15) is 5.56 Å². The van der Waals surface area contributed by atoms with Gasteiger partial charge in [0.1, 0.15) is 0 Å². The molecule has 2 N–H and O–H groups in total. The normalized spacial score (nSPS) is 10.9. The van der Waals surface area contributed by atoms with Crippen LogP contribution < -0.4 is 10.9 Å². The highest BCUT2D eigenvalue weighted by Gasteiger charge is 2.07. The number of nitrogens with one attached hydrogen (secondary N) is 2. The summed E-state index contributed by atoms with van der Waals surface area (Å²) in [6.07, 6.45) is 3.66. The predicted octanol–water partition coefficient (Wildman–Crippen LogP) is 3.37. The van der Waals surface area contributed by atoms with Crippen molar-refractivity contribution in [2.24, 2.45) is 0 Å². The highest BCUT2D eigenvalue weighted by molar-refractivity contribution is 6.34. The van der Waals surface area contributed by atoms with Crippen LogP contribution in [-0.2, 0) is 6.54 Å². The second-order valence-electron chi connectivity index (χ2n) is 5.54. The van der Waals surface area contributed by atoms with Gasteiger partial charge in [-0.2, -0.15) is 10.2 Å². The number of benzene rings is 2. The molecule has 0 saturated carbocycles. The van der Waals surface area contributed by atoms with Gasteiger partial charge in [0, 0.05) is 30.0 Å². The first kappa shape index (κ1) is 15.4. The van der Waals surface area contributed by atoms with Crippen molar-refractivity contribution in [3.8, 4) is 5.69 Å². The molecule has 6 nitrogen and oxygen atoms in total. The van der Waals surface area contributed by atoms with E-state index in [1.807, 2.05) is 53.3 Å². The molecule has 124 valence electrons. The first-order valence-corrected chi connectivity index (χ1v) is 8.10. The molecule has 0 aliphatic heterocycles. The molecule has 4 aromatic rings. The van der Waals surface area contributed by atoms with E-state index in [1.165, 1.54) is 0 Å². The van der Waals surface area contributed by atoms with Crippen LogP contribution in [0.3, 0.4) is 0 Å². The molecule has 0 spiro atoms. The Labute approximate surface area is 148 Å². The maximum atomic E-state index is 11.8. The molecular formula is C18H14ClN5O. The Kier molecular flexibility index (Phi) is 3.95. The van der Waals surface area contributed by atoms with Crippen LogP contribution >= 0.6 is 11.6 Å². The number of hydrogen-bond acceptors (Lipinski definition) is 4. The van der Waals surface area contributed by atoms with Crippen LogP contribution in [0, 0.1) is 0 Å². The summed E-state index contributed by atoms with van der Waals surface area (Å²) in [6.45, 7) is 0.607. The molecule has 4 rings (SSSR count). The third-order valence-electron chi connectivity index (χ3n) is 3.97. The van der Waals surface area contributed by atoms with Gasteiger partial charge in [0.2, 0.25) is 0 Å². The van der Waals surface area contributed by atoms with Crippen LogP contribution in [0.15, 0.2) is 65.7 Å². The topological polar surface area (TPSA) is 75.6 Å². The molecule has 0 bridgehead atoms. The summed E-state index contributed by atoms with van der Waals surface area (Å²) in [7, 11) is 0. The predicted molar refractivity (Wildman–Crippen MR) is 98.3 cm³/mol. The Bertz CT molecular complexity index is 1090. The van der Waals surface area contributed by atoms with Gasteiger partial charge in [-0.25, -0.2) is 9.78 Å². The van der Waals surface area contributed by atoms with E-state index in [1.54, 1.807) is 12.3 Å². The van der Waals surface area contributed by atoms with E-state index < -0.39 is 0 Å². The maximum absolute atomic E-state index is 11.8. The number of fused-ring (bicyclic) bond motifs is 1. The Morgan fingerprint density at radius 3 is 2.84 bits per heavy atom. The van der Waals surface area contributed by atoms with E-state index in [0.29, 0.717) is 17.3 Å². The smallest absolute Gasteiger partial charge is 0.272 e. The van der Waals surface area contributed by atoms with Crippen molar-refractivity contribution < 1.29 is 0 Å². The summed E-state index contributed by atoms with van der Waals surface area (Å²) in [6, 6.07) is 15.3. The monoisotopic (exact) mass is 351 g/mol. The summed E-state index contributed by atoms with van der Waals surface area (Å²) in [5.41, 5.74) is 2.71. The molecule has 7 heteroatoms. The number of nitrogens with zero attached hydrogens (tertiary/aromatic N) is 3. The molecule has 2 heterocycles. The summed E-state index contributed by atoms with van der Waals surface area (Å²) in [5.74, 6) is 0. The van der Waals surface area contributed by atoms with Gasteiger partial charge in [-0.05, 0) is 35.9 Å². The third-order valence-corrected chi connectivity index (χ3v) is 4.26. The fourth-order valence-electron chi connectivity index (χ4n) is 2.74. The van der Waals surface area contributed by atoms with Gasteiger partial charge in [-0.1, -0.05) is 29.8 Å². The molecule has 0 aliphatic rings. The van der Waals surface area contributed by atoms with Gasteiger partial charge in [0.25, 0.3) is 5.56 Å². The molecular weight excluding hydrogens is 338 g/mol. The minimum atomic E-state index is -0.255. The van der Waals surface area contributed by atoms with Crippen molar-refractivity contribution in [1.82, 2.24) is 20.0 Å². The number of para-hydroxylation sites is 1. The quantitative estimate of drug-likeness (QED) is 0.591. The molecule has 0 amide bonds. The number of aromatic amines is 1. The minimum Gasteiger partial charge on any atom is -0.381 e. The fourth-order valence-corrected chi connectivity index (χ4v) is 2.93. The van der Waals surface area contributed by atoms with Gasteiger partial charge in [0.05, 0.1) is 11.1 Å². The Morgan fingerprint density at radius 2 is 2.00 bits per heavy atom. The number of H-pyrrole nitrogens is 1. The first-order chi connectivity index (χ1) is 12.2.